The van der Waals surface area contributed by atoms with E-state index < -0.39 is 0 Å². The maximum atomic E-state index is 6.43. The number of rotatable bonds is 4. The molecule has 0 bridgehead atoms. The lowest BCUT2D eigenvalue weighted by Crippen LogP contribution is -2.36. The van der Waals surface area contributed by atoms with Crippen LogP contribution in [-0.4, -0.2) is 35.9 Å². The zero-order chi connectivity index (χ0) is 19.0. The molecule has 0 radical (unpaired) electrons. The van der Waals surface area contributed by atoms with Gasteiger partial charge in [-0.15, -0.1) is 0 Å². The van der Waals surface area contributed by atoms with Gasteiger partial charge in [0.05, 0.1) is 41.0 Å². The number of nitrogen functional groups attached to an aromatic ring is 1. The van der Waals surface area contributed by atoms with Crippen LogP contribution in [0.25, 0.3) is 11.0 Å². The summed E-state index contributed by atoms with van der Waals surface area (Å²) in [5.41, 5.74) is 11.0. The number of imidazole rings is 1. The minimum atomic E-state index is 0.560. The fraction of sp³-hybridized carbons (Fsp3) is 0.350. The quantitative estimate of drug-likeness (QED) is 0.655. The van der Waals surface area contributed by atoms with Crippen LogP contribution >= 0.6 is 23.2 Å². The van der Waals surface area contributed by atoms with Gasteiger partial charge in [-0.25, -0.2) is 4.98 Å². The summed E-state index contributed by atoms with van der Waals surface area (Å²) < 4.78 is 7.66. The first-order chi connectivity index (χ1) is 13.1. The predicted molar refractivity (Wildman–Crippen MR) is 112 cm³/mol. The number of fused-ring (bicyclic) bond motifs is 1. The van der Waals surface area contributed by atoms with E-state index in [0.717, 1.165) is 60.8 Å². The lowest BCUT2D eigenvalue weighted by molar-refractivity contribution is 0.122. The van der Waals surface area contributed by atoms with Crippen LogP contribution in [0.4, 0.5) is 11.4 Å². The molecule has 1 fully saturated rings. The third kappa shape index (κ3) is 3.47. The molecule has 4 rings (SSSR count). The molecule has 1 saturated heterocycles. The first-order valence-corrected chi connectivity index (χ1v) is 9.88. The van der Waals surface area contributed by atoms with E-state index in [-0.39, 0.29) is 0 Å². The lowest BCUT2D eigenvalue weighted by atomic mass is 10.2. The van der Waals surface area contributed by atoms with Gasteiger partial charge in [0.25, 0.3) is 0 Å². The molecule has 7 heteroatoms. The van der Waals surface area contributed by atoms with Crippen molar-refractivity contribution in [3.05, 3.63) is 51.8 Å². The Hall–Kier alpha value is -1.95. The van der Waals surface area contributed by atoms with Crippen molar-refractivity contribution in [3.8, 4) is 0 Å². The second-order valence-corrected chi connectivity index (χ2v) is 7.47. The van der Waals surface area contributed by atoms with E-state index in [4.69, 9.17) is 38.7 Å². The minimum Gasteiger partial charge on any atom is -0.397 e. The number of anilines is 2. The number of hydrogen-bond acceptors (Lipinski definition) is 4. The summed E-state index contributed by atoms with van der Waals surface area (Å²) >= 11 is 12.6. The van der Waals surface area contributed by atoms with E-state index in [2.05, 4.69) is 22.5 Å². The zero-order valence-corrected chi connectivity index (χ0v) is 16.7. The largest absolute Gasteiger partial charge is 0.397 e. The summed E-state index contributed by atoms with van der Waals surface area (Å²) in [5, 5.41) is 1.14. The predicted octanol–water partition coefficient (Wildman–Crippen LogP) is 4.37. The lowest BCUT2D eigenvalue weighted by Gasteiger charge is -2.29. The van der Waals surface area contributed by atoms with Gasteiger partial charge in [-0.1, -0.05) is 42.3 Å². The topological polar surface area (TPSA) is 56.3 Å². The Morgan fingerprint density at radius 3 is 2.70 bits per heavy atom. The monoisotopic (exact) mass is 404 g/mol. The average Bonchev–Trinajstić information content (AvgIpc) is 3.04. The fourth-order valence-corrected chi connectivity index (χ4v) is 3.95. The maximum absolute atomic E-state index is 6.43. The van der Waals surface area contributed by atoms with Gasteiger partial charge in [-0.3, -0.25) is 0 Å². The van der Waals surface area contributed by atoms with Crippen molar-refractivity contribution in [3.63, 3.8) is 0 Å². The van der Waals surface area contributed by atoms with Crippen molar-refractivity contribution in [1.82, 2.24) is 9.55 Å². The molecule has 0 spiro atoms. The van der Waals surface area contributed by atoms with Gasteiger partial charge in [-0.2, -0.15) is 0 Å². The molecule has 1 aromatic heterocycles. The third-order valence-corrected chi connectivity index (χ3v) is 5.86. The maximum Gasteiger partial charge on any atom is 0.112 e. The van der Waals surface area contributed by atoms with Crippen molar-refractivity contribution < 1.29 is 4.74 Å². The SMILES string of the molecule is CCc1nc2c(N)cc(N3CCOCC3)cc2n1Cc1cccc(Cl)c1Cl. The molecule has 1 aliphatic rings. The summed E-state index contributed by atoms with van der Waals surface area (Å²) in [6, 6.07) is 9.89. The summed E-state index contributed by atoms with van der Waals surface area (Å²) in [4.78, 5) is 7.08. The number of nitrogens with two attached hydrogens (primary N) is 1. The average molecular weight is 405 g/mol. The smallest absolute Gasteiger partial charge is 0.112 e. The summed E-state index contributed by atoms with van der Waals surface area (Å²) in [6.07, 6.45) is 0.805. The Morgan fingerprint density at radius 1 is 1.19 bits per heavy atom. The molecule has 2 N–H and O–H groups in total. The molecule has 2 aromatic carbocycles. The molecule has 142 valence electrons. The Morgan fingerprint density at radius 2 is 1.96 bits per heavy atom. The van der Waals surface area contributed by atoms with E-state index in [1.54, 1.807) is 6.07 Å². The van der Waals surface area contributed by atoms with Crippen LogP contribution in [0.15, 0.2) is 30.3 Å². The summed E-state index contributed by atoms with van der Waals surface area (Å²) in [7, 11) is 0. The van der Waals surface area contributed by atoms with Crippen LogP contribution in [0.5, 0.6) is 0 Å². The van der Waals surface area contributed by atoms with Crippen molar-refractivity contribution in [2.45, 2.75) is 19.9 Å². The number of hydrogen-bond donors (Lipinski definition) is 1. The van der Waals surface area contributed by atoms with Crippen LogP contribution in [0, 0.1) is 0 Å². The van der Waals surface area contributed by atoms with Gasteiger partial charge in [0.15, 0.2) is 0 Å². The molecule has 1 aliphatic heterocycles. The molecule has 0 unspecified atom stereocenters. The first kappa shape index (κ1) is 18.4. The first-order valence-electron chi connectivity index (χ1n) is 9.12. The fourth-order valence-electron chi connectivity index (χ4n) is 3.57. The van der Waals surface area contributed by atoms with Crippen molar-refractivity contribution in [2.24, 2.45) is 0 Å². The number of nitrogens with zero attached hydrogens (tertiary/aromatic N) is 3. The van der Waals surface area contributed by atoms with E-state index in [1.165, 1.54) is 0 Å². The molecule has 0 aliphatic carbocycles. The number of aromatic nitrogens is 2. The molecule has 2 heterocycles. The van der Waals surface area contributed by atoms with Gasteiger partial charge in [-0.05, 0) is 23.8 Å². The van der Waals surface area contributed by atoms with Gasteiger partial charge in [0.2, 0.25) is 0 Å². The Bertz CT molecular complexity index is 980. The number of benzene rings is 2. The highest BCUT2D eigenvalue weighted by molar-refractivity contribution is 6.42. The standard InChI is InChI=1S/C20H22Cl2N4O/c1-2-18-24-20-16(23)10-14(25-6-8-27-9-7-25)11-17(20)26(18)12-13-4-3-5-15(21)19(13)22/h3-5,10-11H,2,6-9,12,23H2,1H3. The van der Waals surface area contributed by atoms with E-state index in [0.29, 0.717) is 22.3 Å². The highest BCUT2D eigenvalue weighted by atomic mass is 35.5. The number of morpholine rings is 1. The van der Waals surface area contributed by atoms with Crippen LogP contribution in [0.2, 0.25) is 10.0 Å². The van der Waals surface area contributed by atoms with E-state index in [1.807, 2.05) is 18.2 Å². The molecular weight excluding hydrogens is 383 g/mol. The summed E-state index contributed by atoms with van der Waals surface area (Å²) in [5.74, 6) is 0.979. The Kier molecular flexibility index (Phi) is 5.17. The Balaban J connectivity index is 1.82. The van der Waals surface area contributed by atoms with Crippen LogP contribution in [0.3, 0.4) is 0 Å². The molecule has 0 saturated carbocycles. The second-order valence-electron chi connectivity index (χ2n) is 6.68. The Labute approximate surface area is 168 Å². The van der Waals surface area contributed by atoms with Crippen LogP contribution in [-0.2, 0) is 17.7 Å². The van der Waals surface area contributed by atoms with Gasteiger partial charge in [0, 0.05) is 25.2 Å². The number of ether oxygens (including phenoxy) is 1. The highest BCUT2D eigenvalue weighted by Crippen LogP contribution is 2.32. The molecular formula is C20H22Cl2N4O. The normalized spacial score (nSPS) is 14.9. The van der Waals surface area contributed by atoms with Gasteiger partial charge >= 0.3 is 0 Å². The van der Waals surface area contributed by atoms with E-state index in [9.17, 15) is 0 Å². The highest BCUT2D eigenvalue weighted by Gasteiger charge is 2.18. The van der Waals surface area contributed by atoms with Crippen molar-refractivity contribution in [1.29, 1.82) is 0 Å². The minimum absolute atomic E-state index is 0.560. The van der Waals surface area contributed by atoms with Crippen molar-refractivity contribution in [2.75, 3.05) is 36.9 Å². The van der Waals surface area contributed by atoms with Crippen molar-refractivity contribution >= 4 is 45.6 Å². The molecule has 5 nitrogen and oxygen atoms in total. The zero-order valence-electron chi connectivity index (χ0n) is 15.2. The van der Waals surface area contributed by atoms with Crippen LogP contribution < -0.4 is 10.6 Å². The van der Waals surface area contributed by atoms with Gasteiger partial charge in [0.1, 0.15) is 11.3 Å². The molecule has 0 atom stereocenters. The molecule has 27 heavy (non-hydrogen) atoms. The van der Waals surface area contributed by atoms with E-state index >= 15 is 0 Å². The summed E-state index contributed by atoms with van der Waals surface area (Å²) in [6.45, 7) is 5.88. The number of aryl methyl sites for hydroxylation is 1. The van der Waals surface area contributed by atoms with Crippen LogP contribution in [0.1, 0.15) is 18.3 Å². The van der Waals surface area contributed by atoms with Gasteiger partial charge < -0.3 is 19.9 Å². The molecule has 0 amide bonds. The number of halogens is 2. The second kappa shape index (κ2) is 7.58. The third-order valence-electron chi connectivity index (χ3n) is 5.00. The molecule has 3 aromatic rings.